The van der Waals surface area contributed by atoms with Crippen LogP contribution in [0.15, 0.2) is 11.6 Å². The Labute approximate surface area is 208 Å². The molecular weight excluding hydrogens is 424 g/mol. The highest BCUT2D eigenvalue weighted by Gasteiger charge is 2.68. The summed E-state index contributed by atoms with van der Waals surface area (Å²) in [6.45, 7) is 17.7. The second-order valence-electron chi connectivity index (χ2n) is 13.5. The highest BCUT2D eigenvalue weighted by Crippen LogP contribution is 2.65. The maximum Gasteiger partial charge on any atom is 0.135 e. The molecule has 2 saturated carbocycles. The molecular formula is C30H50O4. The second-order valence-corrected chi connectivity index (χ2v) is 13.5. The minimum atomic E-state index is -0.521. The number of ether oxygens (including phenoxy) is 2. The van der Waals surface area contributed by atoms with Gasteiger partial charge in [0.15, 0.2) is 0 Å². The molecule has 194 valence electrons. The number of rotatable bonds is 7. The Balaban J connectivity index is 1.57. The van der Waals surface area contributed by atoms with Crippen molar-refractivity contribution in [2.75, 3.05) is 0 Å². The van der Waals surface area contributed by atoms with E-state index in [1.54, 1.807) is 0 Å². The van der Waals surface area contributed by atoms with Crippen molar-refractivity contribution in [3.8, 4) is 0 Å². The summed E-state index contributed by atoms with van der Waals surface area (Å²) in [4.78, 5) is 12.5. The van der Waals surface area contributed by atoms with Gasteiger partial charge in [-0.15, -0.1) is 0 Å². The third kappa shape index (κ3) is 4.04. The quantitative estimate of drug-likeness (QED) is 0.420. The average Bonchev–Trinajstić information content (AvgIpc) is 2.89. The summed E-state index contributed by atoms with van der Waals surface area (Å²) in [5.74, 6) is 1.57. The van der Waals surface area contributed by atoms with E-state index in [4.69, 9.17) is 9.47 Å². The van der Waals surface area contributed by atoms with Crippen LogP contribution < -0.4 is 0 Å². The molecule has 5 rings (SSSR count). The topological polar surface area (TPSA) is 55.8 Å². The van der Waals surface area contributed by atoms with Crippen LogP contribution >= 0.6 is 0 Å². The molecule has 0 spiro atoms. The van der Waals surface area contributed by atoms with Crippen molar-refractivity contribution in [1.29, 1.82) is 0 Å². The van der Waals surface area contributed by atoms with E-state index in [-0.39, 0.29) is 28.5 Å². The first-order valence-corrected chi connectivity index (χ1v) is 14.0. The minimum absolute atomic E-state index is 0.0398. The zero-order valence-corrected chi connectivity index (χ0v) is 23.1. The third-order valence-corrected chi connectivity index (χ3v) is 11.0. The molecule has 0 aromatic rings. The van der Waals surface area contributed by atoms with Gasteiger partial charge < -0.3 is 14.6 Å². The zero-order valence-electron chi connectivity index (χ0n) is 23.1. The van der Waals surface area contributed by atoms with Gasteiger partial charge in [0.2, 0.25) is 0 Å². The first-order valence-electron chi connectivity index (χ1n) is 14.0. The van der Waals surface area contributed by atoms with E-state index in [2.05, 4.69) is 33.8 Å². The third-order valence-electron chi connectivity index (χ3n) is 11.0. The number of hydrogen-bond acceptors (Lipinski definition) is 4. The van der Waals surface area contributed by atoms with Crippen LogP contribution in [0, 0.1) is 28.6 Å². The van der Waals surface area contributed by atoms with Crippen molar-refractivity contribution >= 4 is 5.78 Å². The van der Waals surface area contributed by atoms with E-state index in [0.29, 0.717) is 36.6 Å². The van der Waals surface area contributed by atoms with Gasteiger partial charge in [-0.1, -0.05) is 47.6 Å². The molecule has 1 N–H and O–H groups in total. The molecule has 3 heterocycles. The molecule has 3 aliphatic heterocycles. The monoisotopic (exact) mass is 474 g/mol. The molecule has 4 nitrogen and oxygen atoms in total. The van der Waals surface area contributed by atoms with Crippen LogP contribution in [0.4, 0.5) is 0 Å². The smallest absolute Gasteiger partial charge is 0.135 e. The van der Waals surface area contributed by atoms with Gasteiger partial charge in [-0.2, -0.15) is 0 Å². The van der Waals surface area contributed by atoms with Crippen LogP contribution in [0.25, 0.3) is 0 Å². The molecule has 2 saturated heterocycles. The molecule has 0 aromatic heterocycles. The van der Waals surface area contributed by atoms with Crippen molar-refractivity contribution < 1.29 is 19.4 Å². The summed E-state index contributed by atoms with van der Waals surface area (Å²) in [7, 11) is 0. The van der Waals surface area contributed by atoms with Crippen molar-refractivity contribution in [3.05, 3.63) is 11.6 Å². The Morgan fingerprint density at radius 1 is 1.00 bits per heavy atom. The van der Waals surface area contributed by atoms with Gasteiger partial charge in [0, 0.05) is 17.8 Å². The van der Waals surface area contributed by atoms with Gasteiger partial charge in [-0.05, 0) is 88.0 Å². The summed E-state index contributed by atoms with van der Waals surface area (Å²) < 4.78 is 13.3. The SMILES string of the molecule is CC(C)C(=O)CC[C@@]1(C)[C@@H]2CC[C@H](C)[C@@]1(CC[C@@]1(C)C3=CC[C@@H](O)C(C)(C)O[C@@H]3CC[C@H]1C)O2. The van der Waals surface area contributed by atoms with Gasteiger partial charge in [0.05, 0.1) is 29.5 Å². The van der Waals surface area contributed by atoms with Crippen molar-refractivity contribution in [2.45, 2.75) is 143 Å². The number of aliphatic hydroxyl groups is 1. The summed E-state index contributed by atoms with van der Waals surface area (Å²) in [5.41, 5.74) is 0.872. The average molecular weight is 475 g/mol. The Morgan fingerprint density at radius 2 is 1.68 bits per heavy atom. The fourth-order valence-electron chi connectivity index (χ4n) is 7.88. The predicted molar refractivity (Wildman–Crippen MR) is 137 cm³/mol. The lowest BCUT2D eigenvalue weighted by Crippen LogP contribution is -2.73. The van der Waals surface area contributed by atoms with Gasteiger partial charge in [-0.3, -0.25) is 4.79 Å². The molecule has 2 bridgehead atoms. The normalized spacial score (nSPS) is 45.7. The molecule has 0 unspecified atom stereocenters. The summed E-state index contributed by atoms with van der Waals surface area (Å²) in [6.07, 6.45) is 11.1. The Kier molecular flexibility index (Phi) is 6.97. The van der Waals surface area contributed by atoms with Gasteiger partial charge >= 0.3 is 0 Å². The molecule has 4 heteroatoms. The molecule has 34 heavy (non-hydrogen) atoms. The van der Waals surface area contributed by atoms with Crippen LogP contribution in [-0.2, 0) is 14.3 Å². The molecule has 5 aliphatic rings. The fourth-order valence-corrected chi connectivity index (χ4v) is 7.88. The molecule has 2 aliphatic carbocycles. The first-order chi connectivity index (χ1) is 15.8. The molecule has 0 aromatic carbocycles. The lowest BCUT2D eigenvalue weighted by Gasteiger charge is -2.70. The van der Waals surface area contributed by atoms with Crippen LogP contribution in [-0.4, -0.2) is 40.4 Å². The number of carbonyl (C=O) groups is 1. The van der Waals surface area contributed by atoms with E-state index in [9.17, 15) is 9.90 Å². The molecule has 8 atom stereocenters. The number of Topliss-reactive ketones (excluding diaryl/α,β-unsaturated/α-hetero) is 1. The maximum atomic E-state index is 12.5. The standard InChI is InChI=1S/C30H50O4/c1-19(2)23(31)15-16-29(8)26-14-10-21(4)30(29,34-26)18-17-28(7)20(3)9-12-24-22(28)11-13-25(32)27(5,6)33-24/h11,19-21,24-26,32H,9-10,12-18H2,1-8H3/t20-,21+,24-,25-,26+,28-,29+,30-/m1/s1. The van der Waals surface area contributed by atoms with E-state index in [0.717, 1.165) is 38.5 Å². The van der Waals surface area contributed by atoms with Crippen molar-refractivity contribution in [2.24, 2.45) is 28.6 Å². The fraction of sp³-hybridized carbons (Fsp3) is 0.900. The Bertz CT molecular complexity index is 815. The lowest BCUT2D eigenvalue weighted by atomic mass is 9.49. The Hall–Kier alpha value is -0.710. The molecule has 4 fully saturated rings. The number of fused-ring (bicyclic) bond motifs is 3. The lowest BCUT2D eigenvalue weighted by molar-refractivity contribution is -0.365. The van der Waals surface area contributed by atoms with E-state index in [1.165, 1.54) is 12.0 Å². The van der Waals surface area contributed by atoms with Crippen LogP contribution in [0.3, 0.4) is 0 Å². The van der Waals surface area contributed by atoms with E-state index < -0.39 is 11.7 Å². The number of aliphatic hydroxyl groups excluding tert-OH is 1. The molecule has 0 radical (unpaired) electrons. The van der Waals surface area contributed by atoms with Crippen molar-refractivity contribution in [3.63, 3.8) is 0 Å². The van der Waals surface area contributed by atoms with Gasteiger partial charge in [-0.25, -0.2) is 0 Å². The number of hydrogen-bond donors (Lipinski definition) is 1. The largest absolute Gasteiger partial charge is 0.390 e. The van der Waals surface area contributed by atoms with E-state index >= 15 is 0 Å². The predicted octanol–water partition coefficient (Wildman–Crippen LogP) is 6.64. The van der Waals surface area contributed by atoms with Gasteiger partial charge in [0.1, 0.15) is 5.78 Å². The van der Waals surface area contributed by atoms with E-state index in [1.807, 2.05) is 27.7 Å². The highest BCUT2D eigenvalue weighted by molar-refractivity contribution is 5.80. The summed E-state index contributed by atoms with van der Waals surface area (Å²) in [6, 6.07) is 0. The van der Waals surface area contributed by atoms with Crippen molar-refractivity contribution in [1.82, 2.24) is 0 Å². The maximum absolute atomic E-state index is 12.5. The molecule has 0 amide bonds. The first kappa shape index (κ1) is 26.4. The second kappa shape index (κ2) is 8.99. The van der Waals surface area contributed by atoms with Gasteiger partial charge in [0.25, 0.3) is 0 Å². The zero-order chi connectivity index (χ0) is 25.1. The number of carbonyl (C=O) groups excluding carboxylic acids is 1. The van der Waals surface area contributed by atoms with Crippen LogP contribution in [0.5, 0.6) is 0 Å². The summed E-state index contributed by atoms with van der Waals surface area (Å²) in [5, 5.41) is 10.7. The highest BCUT2D eigenvalue weighted by atomic mass is 16.5. The van der Waals surface area contributed by atoms with Crippen LogP contribution in [0.2, 0.25) is 0 Å². The van der Waals surface area contributed by atoms with Crippen LogP contribution in [0.1, 0.15) is 113 Å². The Morgan fingerprint density at radius 3 is 2.32 bits per heavy atom. The summed E-state index contributed by atoms with van der Waals surface area (Å²) >= 11 is 0. The minimum Gasteiger partial charge on any atom is -0.390 e. The number of ketones is 1.